The zero-order valence-electron chi connectivity index (χ0n) is 11.6. The third kappa shape index (κ3) is 2.48. The molecular weight excluding hydrogens is 269 g/mol. The molecule has 3 rings (SSSR count). The molecule has 0 amide bonds. The molecule has 21 heavy (non-hydrogen) atoms. The van der Waals surface area contributed by atoms with E-state index in [1.807, 2.05) is 29.8 Å². The fraction of sp³-hybridized carbons (Fsp3) is 0.188. The van der Waals surface area contributed by atoms with E-state index < -0.39 is 0 Å². The molecule has 108 valence electrons. The van der Waals surface area contributed by atoms with Crippen LogP contribution < -0.4 is 5.73 Å². The Balaban J connectivity index is 1.94. The van der Waals surface area contributed by atoms with Gasteiger partial charge in [0.05, 0.1) is 11.6 Å². The molecule has 4 nitrogen and oxygen atoms in total. The number of imidazole rings is 1. The summed E-state index contributed by atoms with van der Waals surface area (Å²) >= 11 is 0. The molecule has 1 atom stereocenters. The van der Waals surface area contributed by atoms with E-state index in [-0.39, 0.29) is 17.6 Å². The maximum Gasteiger partial charge on any atom is 0.151 e. The van der Waals surface area contributed by atoms with Crippen LogP contribution in [0.2, 0.25) is 0 Å². The number of nitrogens with zero attached hydrogens (tertiary/aromatic N) is 2. The Morgan fingerprint density at radius 2 is 1.95 bits per heavy atom. The Hall–Kier alpha value is -2.40. The van der Waals surface area contributed by atoms with E-state index in [2.05, 4.69) is 4.98 Å². The first-order valence-corrected chi connectivity index (χ1v) is 6.70. The Kier molecular flexibility index (Phi) is 3.35. The van der Waals surface area contributed by atoms with Gasteiger partial charge in [-0.2, -0.15) is 0 Å². The number of phenols is 1. The number of nitrogens with two attached hydrogens (primary N) is 1. The number of rotatable bonds is 3. The first kappa shape index (κ1) is 13.6. The second-order valence-electron chi connectivity index (χ2n) is 5.11. The fourth-order valence-electron chi connectivity index (χ4n) is 2.51. The van der Waals surface area contributed by atoms with Gasteiger partial charge in [0.15, 0.2) is 5.82 Å². The average Bonchev–Trinajstić information content (AvgIpc) is 2.81. The van der Waals surface area contributed by atoms with E-state index in [0.717, 1.165) is 11.1 Å². The van der Waals surface area contributed by atoms with Crippen molar-refractivity contribution in [1.29, 1.82) is 0 Å². The Bertz CT molecular complexity index is 780. The Morgan fingerprint density at radius 1 is 1.24 bits per heavy atom. The Morgan fingerprint density at radius 3 is 2.62 bits per heavy atom. The quantitative estimate of drug-likeness (QED) is 0.777. The maximum atomic E-state index is 13.8. The third-order valence-corrected chi connectivity index (χ3v) is 3.62. The zero-order chi connectivity index (χ0) is 15.0. The first-order valence-electron chi connectivity index (χ1n) is 6.70. The van der Waals surface area contributed by atoms with Crippen LogP contribution in [0.3, 0.4) is 0 Å². The highest BCUT2D eigenvalue weighted by atomic mass is 19.1. The molecule has 5 heteroatoms. The van der Waals surface area contributed by atoms with Gasteiger partial charge in [-0.15, -0.1) is 0 Å². The van der Waals surface area contributed by atoms with Crippen molar-refractivity contribution in [2.75, 3.05) is 0 Å². The van der Waals surface area contributed by atoms with E-state index in [1.165, 1.54) is 6.07 Å². The first-order chi connectivity index (χ1) is 10.1. The number of aromatic nitrogens is 2. The second-order valence-corrected chi connectivity index (χ2v) is 5.11. The number of phenolic OH excluding ortho intramolecular Hbond substituents is 1. The summed E-state index contributed by atoms with van der Waals surface area (Å²) in [5.74, 6) is 0.520. The highest BCUT2D eigenvalue weighted by Gasteiger charge is 2.17. The molecule has 0 radical (unpaired) electrons. The SMILES string of the molecule is Cn1c(C(N)Cc2ccc(O)cc2)nc2c(F)cccc21. The molecule has 2 aromatic carbocycles. The molecule has 0 saturated heterocycles. The average molecular weight is 285 g/mol. The molecule has 0 spiro atoms. The van der Waals surface area contributed by atoms with E-state index in [1.54, 1.807) is 18.2 Å². The molecule has 1 unspecified atom stereocenters. The van der Waals surface area contributed by atoms with Crippen LogP contribution in [0.15, 0.2) is 42.5 Å². The lowest BCUT2D eigenvalue weighted by atomic mass is 10.1. The van der Waals surface area contributed by atoms with Crippen LogP contribution in [0.1, 0.15) is 17.4 Å². The number of hydrogen-bond acceptors (Lipinski definition) is 3. The number of benzene rings is 2. The van der Waals surface area contributed by atoms with Gasteiger partial charge in [0.2, 0.25) is 0 Å². The summed E-state index contributed by atoms with van der Waals surface area (Å²) in [5, 5.41) is 9.29. The predicted molar refractivity (Wildman–Crippen MR) is 79.4 cm³/mol. The highest BCUT2D eigenvalue weighted by Crippen LogP contribution is 2.23. The molecule has 0 aliphatic rings. The molecule has 0 bridgehead atoms. The van der Waals surface area contributed by atoms with Gasteiger partial charge in [-0.3, -0.25) is 0 Å². The van der Waals surface area contributed by atoms with E-state index in [4.69, 9.17) is 5.73 Å². The highest BCUT2D eigenvalue weighted by molar-refractivity contribution is 5.76. The van der Waals surface area contributed by atoms with E-state index >= 15 is 0 Å². The predicted octanol–water partition coefficient (Wildman–Crippen LogP) is 2.66. The number of hydrogen-bond donors (Lipinski definition) is 2. The van der Waals surface area contributed by atoms with Crippen molar-refractivity contribution in [3.63, 3.8) is 0 Å². The summed E-state index contributed by atoms with van der Waals surface area (Å²) in [7, 11) is 1.83. The summed E-state index contributed by atoms with van der Waals surface area (Å²) in [6.07, 6.45) is 0.569. The van der Waals surface area contributed by atoms with Crippen molar-refractivity contribution in [2.45, 2.75) is 12.5 Å². The molecule has 0 saturated carbocycles. The number of aryl methyl sites for hydroxylation is 1. The zero-order valence-corrected chi connectivity index (χ0v) is 11.6. The molecule has 1 aromatic heterocycles. The van der Waals surface area contributed by atoms with Crippen LogP contribution in [0, 0.1) is 5.82 Å². The summed E-state index contributed by atoms with van der Waals surface area (Å²) in [6, 6.07) is 11.4. The topological polar surface area (TPSA) is 64.1 Å². The standard InChI is InChI=1S/C16H16FN3O/c1-20-14-4-2-3-12(17)15(14)19-16(20)13(18)9-10-5-7-11(21)8-6-10/h2-8,13,21H,9,18H2,1H3. The van der Waals surface area contributed by atoms with Crippen LogP contribution in [0.25, 0.3) is 11.0 Å². The lowest BCUT2D eigenvalue weighted by Crippen LogP contribution is -2.17. The molecule has 3 N–H and O–H groups in total. The van der Waals surface area contributed by atoms with Crippen molar-refractivity contribution < 1.29 is 9.50 Å². The van der Waals surface area contributed by atoms with Crippen LogP contribution in [-0.2, 0) is 13.5 Å². The number of fused-ring (bicyclic) bond motifs is 1. The van der Waals surface area contributed by atoms with Gasteiger partial charge in [0.1, 0.15) is 17.1 Å². The van der Waals surface area contributed by atoms with E-state index in [9.17, 15) is 9.50 Å². The summed E-state index contributed by atoms with van der Waals surface area (Å²) in [5.41, 5.74) is 8.28. The van der Waals surface area contributed by atoms with Crippen molar-refractivity contribution >= 4 is 11.0 Å². The minimum absolute atomic E-state index is 0.220. The third-order valence-electron chi connectivity index (χ3n) is 3.62. The fourth-order valence-corrected chi connectivity index (χ4v) is 2.51. The number of para-hydroxylation sites is 1. The normalized spacial score (nSPS) is 12.7. The minimum Gasteiger partial charge on any atom is -0.508 e. The van der Waals surface area contributed by atoms with Gasteiger partial charge in [-0.05, 0) is 36.2 Å². The molecule has 0 fully saturated rings. The molecule has 0 aliphatic carbocycles. The van der Waals surface area contributed by atoms with Crippen LogP contribution in [0.5, 0.6) is 5.75 Å². The summed E-state index contributed by atoms with van der Waals surface area (Å²) in [6.45, 7) is 0. The van der Waals surface area contributed by atoms with Crippen molar-refractivity contribution in [2.24, 2.45) is 12.8 Å². The molecule has 0 aliphatic heterocycles. The summed E-state index contributed by atoms with van der Waals surface area (Å²) < 4.78 is 15.6. The maximum absolute atomic E-state index is 13.8. The second kappa shape index (κ2) is 5.18. The van der Waals surface area contributed by atoms with Crippen molar-refractivity contribution in [3.05, 3.63) is 59.7 Å². The van der Waals surface area contributed by atoms with Gasteiger partial charge >= 0.3 is 0 Å². The smallest absolute Gasteiger partial charge is 0.151 e. The number of aromatic hydroxyl groups is 1. The Labute approximate surface area is 121 Å². The van der Waals surface area contributed by atoms with Crippen LogP contribution >= 0.6 is 0 Å². The van der Waals surface area contributed by atoms with Gasteiger partial charge in [0, 0.05) is 7.05 Å². The lowest BCUT2D eigenvalue weighted by Gasteiger charge is -2.12. The molecular formula is C16H16FN3O. The van der Waals surface area contributed by atoms with Gasteiger partial charge < -0.3 is 15.4 Å². The largest absolute Gasteiger partial charge is 0.508 e. The van der Waals surface area contributed by atoms with Gasteiger partial charge in [0.25, 0.3) is 0 Å². The molecule has 1 heterocycles. The molecule has 3 aromatic rings. The monoisotopic (exact) mass is 285 g/mol. The van der Waals surface area contributed by atoms with Crippen molar-refractivity contribution in [1.82, 2.24) is 9.55 Å². The minimum atomic E-state index is -0.341. The van der Waals surface area contributed by atoms with Gasteiger partial charge in [-0.1, -0.05) is 18.2 Å². The lowest BCUT2D eigenvalue weighted by molar-refractivity contribution is 0.475. The number of halogens is 1. The van der Waals surface area contributed by atoms with Crippen LogP contribution in [-0.4, -0.2) is 14.7 Å². The van der Waals surface area contributed by atoms with Crippen molar-refractivity contribution in [3.8, 4) is 5.75 Å². The van der Waals surface area contributed by atoms with E-state index in [0.29, 0.717) is 17.8 Å². The van der Waals surface area contributed by atoms with Gasteiger partial charge in [-0.25, -0.2) is 9.37 Å². The summed E-state index contributed by atoms with van der Waals surface area (Å²) in [4.78, 5) is 4.34. The van der Waals surface area contributed by atoms with Crippen LogP contribution in [0.4, 0.5) is 4.39 Å².